The number of carbonyl (C=O) groups is 1. The van der Waals surface area contributed by atoms with Crippen molar-refractivity contribution in [1.29, 1.82) is 0 Å². The van der Waals surface area contributed by atoms with Crippen LogP contribution in [-0.4, -0.2) is 35.3 Å². The number of aliphatic hydroxyl groups is 1. The summed E-state index contributed by atoms with van der Waals surface area (Å²) in [6.07, 6.45) is 6.28. The fraction of sp³-hybridized carbons (Fsp3) is 0.923. The van der Waals surface area contributed by atoms with Crippen LogP contribution in [0.25, 0.3) is 0 Å². The maximum atomic E-state index is 12.2. The summed E-state index contributed by atoms with van der Waals surface area (Å²) in [4.78, 5) is 12.2. The zero-order chi connectivity index (χ0) is 12.4. The first kappa shape index (κ1) is 13.2. The maximum Gasteiger partial charge on any atom is 0.314 e. The minimum absolute atomic E-state index is 0.192. The molecule has 0 radical (unpaired) electrons. The predicted molar refractivity (Wildman–Crippen MR) is 69.0 cm³/mol. The van der Waals surface area contributed by atoms with Crippen LogP contribution in [0, 0.1) is 5.41 Å². The molecule has 4 heteroatoms. The van der Waals surface area contributed by atoms with Gasteiger partial charge >= 0.3 is 5.97 Å². The summed E-state index contributed by atoms with van der Waals surface area (Å²) >= 11 is 1.87. The van der Waals surface area contributed by atoms with Crippen LogP contribution in [0.2, 0.25) is 0 Å². The number of methoxy groups -OCH3 is 1. The molecule has 2 rings (SSSR count). The number of carbonyl (C=O) groups excluding carboxylic acids is 1. The van der Waals surface area contributed by atoms with Crippen LogP contribution in [-0.2, 0) is 9.53 Å². The van der Waals surface area contributed by atoms with Gasteiger partial charge < -0.3 is 9.84 Å². The third-order valence-corrected chi connectivity index (χ3v) is 5.48. The molecule has 98 valence electrons. The quantitative estimate of drug-likeness (QED) is 0.772. The third kappa shape index (κ3) is 2.22. The van der Waals surface area contributed by atoms with Gasteiger partial charge in [-0.1, -0.05) is 19.3 Å². The molecule has 1 aliphatic heterocycles. The molecular formula is C13H22O3S. The molecule has 0 atom stereocenters. The van der Waals surface area contributed by atoms with Crippen LogP contribution in [0.15, 0.2) is 0 Å². The molecule has 0 aromatic heterocycles. The minimum atomic E-state index is -0.820. The lowest BCUT2D eigenvalue weighted by Gasteiger charge is -2.49. The van der Waals surface area contributed by atoms with Crippen molar-refractivity contribution in [2.45, 2.75) is 50.5 Å². The van der Waals surface area contributed by atoms with E-state index < -0.39 is 11.0 Å². The Morgan fingerprint density at radius 2 is 1.71 bits per heavy atom. The largest absolute Gasteiger partial charge is 0.469 e. The van der Waals surface area contributed by atoms with E-state index in [9.17, 15) is 9.90 Å². The Bertz CT molecular complexity index is 278. The van der Waals surface area contributed by atoms with E-state index in [0.29, 0.717) is 0 Å². The fourth-order valence-electron chi connectivity index (χ4n) is 3.39. The van der Waals surface area contributed by atoms with Gasteiger partial charge in [-0.05, 0) is 37.2 Å². The van der Waals surface area contributed by atoms with E-state index >= 15 is 0 Å². The number of rotatable bonds is 2. The van der Waals surface area contributed by atoms with Gasteiger partial charge in [-0.15, -0.1) is 0 Å². The first-order valence-electron chi connectivity index (χ1n) is 6.53. The molecule has 0 bridgehead atoms. The van der Waals surface area contributed by atoms with Crippen molar-refractivity contribution in [3.05, 3.63) is 0 Å². The smallest absolute Gasteiger partial charge is 0.314 e. The van der Waals surface area contributed by atoms with Gasteiger partial charge in [0.05, 0.1) is 18.1 Å². The number of thioether (sulfide) groups is 1. The van der Waals surface area contributed by atoms with Gasteiger partial charge in [0.15, 0.2) is 0 Å². The highest BCUT2D eigenvalue weighted by Crippen LogP contribution is 2.50. The molecule has 0 amide bonds. The molecule has 0 spiro atoms. The summed E-state index contributed by atoms with van der Waals surface area (Å²) in [7, 11) is 1.44. The Morgan fingerprint density at radius 1 is 1.12 bits per heavy atom. The minimum Gasteiger partial charge on any atom is -0.469 e. The predicted octanol–water partition coefficient (Wildman–Crippen LogP) is 2.37. The zero-order valence-electron chi connectivity index (χ0n) is 10.5. The molecule has 0 unspecified atom stereocenters. The van der Waals surface area contributed by atoms with Gasteiger partial charge in [0, 0.05) is 0 Å². The van der Waals surface area contributed by atoms with E-state index in [4.69, 9.17) is 4.74 Å². The summed E-state index contributed by atoms with van der Waals surface area (Å²) in [6.45, 7) is 0. The highest BCUT2D eigenvalue weighted by atomic mass is 32.2. The van der Waals surface area contributed by atoms with Crippen LogP contribution in [0.5, 0.6) is 0 Å². The van der Waals surface area contributed by atoms with Gasteiger partial charge in [-0.25, -0.2) is 0 Å². The lowest BCUT2D eigenvalue weighted by atomic mass is 9.62. The number of hydrogen-bond acceptors (Lipinski definition) is 4. The van der Waals surface area contributed by atoms with Crippen LogP contribution in [0.3, 0.4) is 0 Å². The number of ether oxygens (including phenoxy) is 1. The Balaban J connectivity index is 2.27. The average molecular weight is 258 g/mol. The number of esters is 1. The van der Waals surface area contributed by atoms with E-state index in [1.54, 1.807) is 0 Å². The second-order valence-corrected chi connectivity index (χ2v) is 6.50. The van der Waals surface area contributed by atoms with E-state index in [-0.39, 0.29) is 5.97 Å². The van der Waals surface area contributed by atoms with Crippen molar-refractivity contribution in [3.63, 3.8) is 0 Å². The summed E-state index contributed by atoms with van der Waals surface area (Å²) in [6, 6.07) is 0. The van der Waals surface area contributed by atoms with E-state index in [1.165, 1.54) is 13.5 Å². The monoisotopic (exact) mass is 258 g/mol. The molecule has 0 aromatic carbocycles. The summed E-state index contributed by atoms with van der Waals surface area (Å²) < 4.78 is 5.00. The van der Waals surface area contributed by atoms with Gasteiger partial charge in [0.1, 0.15) is 0 Å². The van der Waals surface area contributed by atoms with Crippen molar-refractivity contribution < 1.29 is 14.6 Å². The van der Waals surface area contributed by atoms with Crippen molar-refractivity contribution in [3.8, 4) is 0 Å². The van der Waals surface area contributed by atoms with E-state index in [2.05, 4.69) is 0 Å². The number of hydrogen-bond donors (Lipinski definition) is 1. The molecule has 0 aromatic rings. The molecule has 2 fully saturated rings. The Kier molecular flexibility index (Phi) is 4.03. The summed E-state index contributed by atoms with van der Waals surface area (Å²) in [5, 5.41) is 10.9. The third-order valence-electron chi connectivity index (χ3n) is 4.49. The van der Waals surface area contributed by atoms with Crippen LogP contribution >= 0.6 is 11.8 Å². The standard InChI is InChI=1S/C13H22O3S/c1-16-11(14)12(7-9-17-10-8-12)13(15)5-3-2-4-6-13/h15H,2-10H2,1H3. The second kappa shape index (κ2) is 5.19. The van der Waals surface area contributed by atoms with Gasteiger partial charge in [-0.2, -0.15) is 11.8 Å². The van der Waals surface area contributed by atoms with Gasteiger partial charge in [0.25, 0.3) is 0 Å². The van der Waals surface area contributed by atoms with E-state index in [0.717, 1.165) is 50.0 Å². The first-order valence-corrected chi connectivity index (χ1v) is 7.69. The molecule has 17 heavy (non-hydrogen) atoms. The molecule has 1 N–H and O–H groups in total. The maximum absolute atomic E-state index is 12.2. The topological polar surface area (TPSA) is 46.5 Å². The van der Waals surface area contributed by atoms with Crippen molar-refractivity contribution in [2.24, 2.45) is 5.41 Å². The highest BCUT2D eigenvalue weighted by molar-refractivity contribution is 7.99. The normalized spacial score (nSPS) is 27.4. The van der Waals surface area contributed by atoms with Crippen LogP contribution < -0.4 is 0 Å². The van der Waals surface area contributed by atoms with Crippen molar-refractivity contribution in [2.75, 3.05) is 18.6 Å². The average Bonchev–Trinajstić information content (AvgIpc) is 2.39. The van der Waals surface area contributed by atoms with Crippen LogP contribution in [0.1, 0.15) is 44.9 Å². The van der Waals surface area contributed by atoms with Gasteiger partial charge in [-0.3, -0.25) is 4.79 Å². The molecule has 1 heterocycles. The second-order valence-electron chi connectivity index (χ2n) is 5.28. The van der Waals surface area contributed by atoms with Crippen molar-refractivity contribution in [1.82, 2.24) is 0 Å². The first-order chi connectivity index (χ1) is 8.15. The molecular weight excluding hydrogens is 236 g/mol. The Labute approximate surface area is 107 Å². The summed E-state index contributed by atoms with van der Waals surface area (Å²) in [5.74, 6) is 1.72. The molecule has 1 saturated carbocycles. The molecule has 2 aliphatic rings. The zero-order valence-corrected chi connectivity index (χ0v) is 11.4. The molecule has 1 aliphatic carbocycles. The lowest BCUT2D eigenvalue weighted by molar-refractivity contribution is -0.180. The molecule has 3 nitrogen and oxygen atoms in total. The fourth-order valence-corrected chi connectivity index (χ4v) is 4.58. The Morgan fingerprint density at radius 3 is 2.24 bits per heavy atom. The van der Waals surface area contributed by atoms with Gasteiger partial charge in [0.2, 0.25) is 0 Å². The Hall–Kier alpha value is -0.220. The SMILES string of the molecule is COC(=O)C1(C2(O)CCCCC2)CCSCC1. The highest BCUT2D eigenvalue weighted by Gasteiger charge is 2.56. The van der Waals surface area contributed by atoms with Crippen LogP contribution in [0.4, 0.5) is 0 Å². The lowest BCUT2D eigenvalue weighted by Crippen LogP contribution is -2.56. The molecule has 1 saturated heterocycles. The summed E-state index contributed by atoms with van der Waals surface area (Å²) in [5.41, 5.74) is -1.45. The van der Waals surface area contributed by atoms with Crippen molar-refractivity contribution >= 4 is 17.7 Å². The van der Waals surface area contributed by atoms with E-state index in [1.807, 2.05) is 11.8 Å².